The van der Waals surface area contributed by atoms with Crippen LogP contribution in [-0.2, 0) is 0 Å². The number of likely N-dealkylation sites (N-methyl/N-ethyl adjacent to an activating group) is 1. The number of carbonyl (C=O) groups is 1. The molecule has 2 aromatic rings. The molecule has 0 saturated heterocycles. The largest absolute Gasteiger partial charge is 0.435 e. The summed E-state index contributed by atoms with van der Waals surface area (Å²) >= 11 is 1.35. The maximum Gasteiger partial charge on any atom is 0.387 e. The minimum absolute atomic E-state index is 0.110. The van der Waals surface area contributed by atoms with Crippen LogP contribution in [0.3, 0.4) is 0 Å². The van der Waals surface area contributed by atoms with Gasteiger partial charge in [0.2, 0.25) is 0 Å². The fourth-order valence-electron chi connectivity index (χ4n) is 1.85. The zero-order valence-electron chi connectivity index (χ0n) is 12.8. The number of hydrogen-bond acceptors (Lipinski definition) is 4. The van der Waals surface area contributed by atoms with E-state index in [0.717, 1.165) is 10.4 Å². The van der Waals surface area contributed by atoms with E-state index in [4.69, 9.17) is 0 Å². The lowest BCUT2D eigenvalue weighted by molar-refractivity contribution is -0.0498. The number of halogens is 2. The predicted molar refractivity (Wildman–Crippen MR) is 87.2 cm³/mol. The van der Waals surface area contributed by atoms with Crippen LogP contribution in [0.2, 0.25) is 0 Å². The first-order valence-electron chi connectivity index (χ1n) is 7.10. The lowest BCUT2D eigenvalue weighted by Crippen LogP contribution is -2.36. The van der Waals surface area contributed by atoms with E-state index in [0.29, 0.717) is 11.4 Å². The Morgan fingerprint density at radius 1 is 1.22 bits per heavy atom. The van der Waals surface area contributed by atoms with Crippen molar-refractivity contribution in [3.8, 4) is 16.2 Å². The number of alkyl halides is 2. The summed E-state index contributed by atoms with van der Waals surface area (Å²) in [6.45, 7) is -0.316. The second kappa shape index (κ2) is 8.03. The maximum atomic E-state index is 12.1. The highest BCUT2D eigenvalue weighted by Crippen LogP contribution is 2.29. The van der Waals surface area contributed by atoms with Gasteiger partial charge in [-0.15, -0.1) is 11.3 Å². The molecule has 0 spiro atoms. The van der Waals surface area contributed by atoms with Gasteiger partial charge in [0.1, 0.15) is 5.75 Å². The number of benzene rings is 1. The van der Waals surface area contributed by atoms with Crippen molar-refractivity contribution >= 4 is 17.2 Å². The summed E-state index contributed by atoms with van der Waals surface area (Å²) in [7, 11) is 1.83. The van der Waals surface area contributed by atoms with E-state index in [-0.39, 0.29) is 17.7 Å². The molecular weight excluding hydrogens is 322 g/mol. The molecule has 4 nitrogen and oxygen atoms in total. The summed E-state index contributed by atoms with van der Waals surface area (Å²) in [5.41, 5.74) is 0.847. The van der Waals surface area contributed by atoms with Crippen LogP contribution < -0.4 is 15.4 Å². The van der Waals surface area contributed by atoms with Crippen molar-refractivity contribution in [3.05, 3.63) is 41.3 Å². The van der Waals surface area contributed by atoms with Crippen LogP contribution in [0.5, 0.6) is 5.75 Å². The van der Waals surface area contributed by atoms with E-state index >= 15 is 0 Å². The van der Waals surface area contributed by atoms with Crippen molar-refractivity contribution in [1.82, 2.24) is 10.6 Å². The normalized spacial score (nSPS) is 12.2. The number of rotatable bonds is 7. The minimum atomic E-state index is -2.84. The number of nitrogens with one attached hydrogen (secondary N) is 2. The Labute approximate surface area is 137 Å². The molecule has 23 heavy (non-hydrogen) atoms. The van der Waals surface area contributed by atoms with Crippen LogP contribution in [0.1, 0.15) is 16.6 Å². The Morgan fingerprint density at radius 3 is 2.52 bits per heavy atom. The van der Waals surface area contributed by atoms with Gasteiger partial charge in [0, 0.05) is 17.5 Å². The molecule has 1 aromatic carbocycles. The summed E-state index contributed by atoms with van der Waals surface area (Å²) in [5.74, 6) is -0.0136. The van der Waals surface area contributed by atoms with Gasteiger partial charge in [0.15, 0.2) is 0 Å². The first-order valence-corrected chi connectivity index (χ1v) is 7.92. The Bertz CT molecular complexity index is 644. The van der Waals surface area contributed by atoms with Crippen molar-refractivity contribution < 1.29 is 18.3 Å². The molecule has 0 aliphatic rings. The number of thiophene rings is 1. The van der Waals surface area contributed by atoms with Crippen molar-refractivity contribution in [2.75, 3.05) is 13.6 Å². The lowest BCUT2D eigenvalue weighted by Gasteiger charge is -2.10. The molecule has 1 amide bonds. The molecule has 0 bridgehead atoms. The molecule has 0 fully saturated rings. The van der Waals surface area contributed by atoms with E-state index in [1.165, 1.54) is 23.5 Å². The molecule has 2 rings (SSSR count). The molecule has 1 atom stereocenters. The summed E-state index contributed by atoms with van der Waals surface area (Å²) in [6.07, 6.45) is 0. The van der Waals surface area contributed by atoms with Gasteiger partial charge in [-0.3, -0.25) is 4.79 Å². The Hall–Kier alpha value is -1.99. The van der Waals surface area contributed by atoms with E-state index in [1.807, 2.05) is 20.0 Å². The van der Waals surface area contributed by atoms with Gasteiger partial charge in [0.25, 0.3) is 5.91 Å². The molecule has 124 valence electrons. The highest BCUT2D eigenvalue weighted by atomic mass is 32.1. The molecule has 0 radical (unpaired) electrons. The maximum absolute atomic E-state index is 12.1. The molecule has 0 aliphatic heterocycles. The molecule has 1 unspecified atom stereocenters. The van der Waals surface area contributed by atoms with Crippen LogP contribution in [0.15, 0.2) is 36.4 Å². The van der Waals surface area contributed by atoms with Crippen LogP contribution in [0, 0.1) is 0 Å². The third kappa shape index (κ3) is 5.01. The van der Waals surface area contributed by atoms with E-state index in [9.17, 15) is 13.6 Å². The summed E-state index contributed by atoms with van der Waals surface area (Å²) in [5, 5.41) is 5.90. The number of amides is 1. The summed E-state index contributed by atoms with van der Waals surface area (Å²) in [6, 6.07) is 10.1. The average molecular weight is 340 g/mol. The Morgan fingerprint density at radius 2 is 1.91 bits per heavy atom. The fourth-order valence-corrected chi connectivity index (χ4v) is 2.78. The van der Waals surface area contributed by atoms with Gasteiger partial charge in [-0.2, -0.15) is 8.78 Å². The molecule has 1 heterocycles. The van der Waals surface area contributed by atoms with Crippen LogP contribution in [-0.4, -0.2) is 32.2 Å². The Kier molecular flexibility index (Phi) is 6.06. The smallest absolute Gasteiger partial charge is 0.387 e. The van der Waals surface area contributed by atoms with E-state index in [2.05, 4.69) is 15.4 Å². The zero-order valence-corrected chi connectivity index (χ0v) is 13.6. The first kappa shape index (κ1) is 17.4. The molecular formula is C16H18F2N2O2S. The van der Waals surface area contributed by atoms with Crippen molar-refractivity contribution in [2.24, 2.45) is 0 Å². The third-order valence-electron chi connectivity index (χ3n) is 3.26. The van der Waals surface area contributed by atoms with Gasteiger partial charge in [-0.05, 0) is 55.9 Å². The highest BCUT2D eigenvalue weighted by Gasteiger charge is 2.11. The fraction of sp³-hybridized carbons (Fsp3) is 0.312. The molecule has 0 aliphatic carbocycles. The minimum Gasteiger partial charge on any atom is -0.435 e. The van der Waals surface area contributed by atoms with Gasteiger partial charge in [-0.25, -0.2) is 0 Å². The van der Waals surface area contributed by atoms with Crippen molar-refractivity contribution in [2.45, 2.75) is 19.6 Å². The average Bonchev–Trinajstić information content (AvgIpc) is 3.02. The highest BCUT2D eigenvalue weighted by molar-refractivity contribution is 7.17. The monoisotopic (exact) mass is 340 g/mol. The van der Waals surface area contributed by atoms with Gasteiger partial charge in [0.05, 0.1) is 4.88 Å². The second-order valence-electron chi connectivity index (χ2n) is 4.97. The summed E-state index contributed by atoms with van der Waals surface area (Å²) in [4.78, 5) is 13.6. The molecule has 2 N–H and O–H groups in total. The second-order valence-corrected chi connectivity index (χ2v) is 6.05. The topological polar surface area (TPSA) is 50.4 Å². The predicted octanol–water partition coefficient (Wildman–Crippen LogP) is 3.35. The third-order valence-corrected chi connectivity index (χ3v) is 4.39. The first-order chi connectivity index (χ1) is 11.0. The SMILES string of the molecule is CNC(C)CNC(=O)c1ccc(-c2ccc(OC(F)F)cc2)s1. The molecule has 7 heteroatoms. The van der Waals surface area contributed by atoms with E-state index < -0.39 is 6.61 Å². The summed E-state index contributed by atoms with van der Waals surface area (Å²) < 4.78 is 28.6. The molecule has 1 aromatic heterocycles. The lowest BCUT2D eigenvalue weighted by atomic mass is 10.2. The van der Waals surface area contributed by atoms with Crippen molar-refractivity contribution in [1.29, 1.82) is 0 Å². The number of hydrogen-bond donors (Lipinski definition) is 2. The van der Waals surface area contributed by atoms with Crippen LogP contribution in [0.25, 0.3) is 10.4 Å². The van der Waals surface area contributed by atoms with Gasteiger partial charge >= 0.3 is 6.61 Å². The van der Waals surface area contributed by atoms with Gasteiger partial charge in [-0.1, -0.05) is 0 Å². The van der Waals surface area contributed by atoms with Crippen LogP contribution >= 0.6 is 11.3 Å². The van der Waals surface area contributed by atoms with Crippen molar-refractivity contribution in [3.63, 3.8) is 0 Å². The van der Waals surface area contributed by atoms with Gasteiger partial charge < -0.3 is 15.4 Å². The quantitative estimate of drug-likeness (QED) is 0.813. The van der Waals surface area contributed by atoms with E-state index in [1.54, 1.807) is 18.2 Å². The number of ether oxygens (including phenoxy) is 1. The van der Waals surface area contributed by atoms with Crippen LogP contribution in [0.4, 0.5) is 8.78 Å². The Balaban J connectivity index is 2.02. The standard InChI is InChI=1S/C16H18F2N2O2S/c1-10(19-2)9-20-15(21)14-8-7-13(23-14)11-3-5-12(6-4-11)22-16(17)18/h3-8,10,16,19H,9H2,1-2H3,(H,20,21). The molecule has 0 saturated carbocycles. The number of carbonyl (C=O) groups excluding carboxylic acids is 1. The zero-order chi connectivity index (χ0) is 16.8.